The summed E-state index contributed by atoms with van der Waals surface area (Å²) in [5.74, 6) is 0.334. The lowest BCUT2D eigenvalue weighted by atomic mass is 9.93. The molecule has 2 fully saturated rings. The SMILES string of the molecule is CC(C)(C)OC(=O)N1CCC(CC(=O)Nc2ccnn2-c2cccc(C(=O)Nc3ccc(N4CCOCC4)cc3)c2)CC1. The quantitative estimate of drug-likeness (QED) is 0.402. The number of carbonyl (C=O) groups is 3. The van der Waals surface area contributed by atoms with Crippen LogP contribution in [0.2, 0.25) is 0 Å². The number of aromatic nitrogens is 2. The van der Waals surface area contributed by atoms with Crippen molar-refractivity contribution >= 4 is 35.1 Å². The van der Waals surface area contributed by atoms with Crippen LogP contribution in [0.25, 0.3) is 5.69 Å². The average Bonchev–Trinajstić information content (AvgIpc) is 3.45. The molecule has 3 aromatic rings. The summed E-state index contributed by atoms with van der Waals surface area (Å²) >= 11 is 0. The molecule has 1 aromatic heterocycles. The Morgan fingerprint density at radius 2 is 1.65 bits per heavy atom. The molecule has 3 amide bonds. The van der Waals surface area contributed by atoms with E-state index in [1.165, 1.54) is 0 Å². The minimum Gasteiger partial charge on any atom is -0.444 e. The highest BCUT2D eigenvalue weighted by atomic mass is 16.6. The molecular formula is C32H40N6O5. The van der Waals surface area contributed by atoms with Crippen molar-refractivity contribution in [3.8, 4) is 5.69 Å². The summed E-state index contributed by atoms with van der Waals surface area (Å²) in [4.78, 5) is 42.3. The highest BCUT2D eigenvalue weighted by molar-refractivity contribution is 6.04. The molecule has 0 aliphatic carbocycles. The zero-order valence-corrected chi connectivity index (χ0v) is 25.0. The normalized spacial score (nSPS) is 16.1. The van der Waals surface area contributed by atoms with Gasteiger partial charge < -0.3 is 29.9 Å². The number of piperidine rings is 1. The maximum absolute atomic E-state index is 13.1. The molecule has 0 atom stereocenters. The molecule has 2 aromatic carbocycles. The number of nitrogens with one attached hydrogen (secondary N) is 2. The Labute approximate surface area is 252 Å². The van der Waals surface area contributed by atoms with Gasteiger partial charge in [-0.2, -0.15) is 5.10 Å². The smallest absolute Gasteiger partial charge is 0.410 e. The molecule has 228 valence electrons. The van der Waals surface area contributed by atoms with Crippen LogP contribution in [0, 0.1) is 5.92 Å². The summed E-state index contributed by atoms with van der Waals surface area (Å²) in [5.41, 5.74) is 2.40. The molecule has 43 heavy (non-hydrogen) atoms. The van der Waals surface area contributed by atoms with Crippen LogP contribution >= 0.6 is 0 Å². The fourth-order valence-corrected chi connectivity index (χ4v) is 5.27. The number of hydrogen-bond donors (Lipinski definition) is 2. The second-order valence-corrected chi connectivity index (χ2v) is 11.9. The number of likely N-dealkylation sites (tertiary alicyclic amines) is 1. The molecule has 0 spiro atoms. The van der Waals surface area contributed by atoms with Crippen molar-refractivity contribution in [2.24, 2.45) is 5.92 Å². The van der Waals surface area contributed by atoms with E-state index in [9.17, 15) is 14.4 Å². The molecule has 0 saturated carbocycles. The van der Waals surface area contributed by atoms with Crippen molar-refractivity contribution in [2.75, 3.05) is 54.9 Å². The number of carbonyl (C=O) groups excluding carboxylic acids is 3. The van der Waals surface area contributed by atoms with Gasteiger partial charge in [0.15, 0.2) is 0 Å². The summed E-state index contributed by atoms with van der Waals surface area (Å²) in [6.45, 7) is 9.82. The first kappa shape index (κ1) is 30.1. The summed E-state index contributed by atoms with van der Waals surface area (Å²) < 4.78 is 12.5. The van der Waals surface area contributed by atoms with E-state index in [0.29, 0.717) is 55.5 Å². The van der Waals surface area contributed by atoms with Crippen molar-refractivity contribution in [3.63, 3.8) is 0 Å². The predicted molar refractivity (Wildman–Crippen MR) is 165 cm³/mol. The maximum Gasteiger partial charge on any atom is 0.410 e. The predicted octanol–water partition coefficient (Wildman–Crippen LogP) is 4.94. The first-order valence-electron chi connectivity index (χ1n) is 14.8. The van der Waals surface area contributed by atoms with Gasteiger partial charge in [-0.3, -0.25) is 9.59 Å². The van der Waals surface area contributed by atoms with E-state index in [1.807, 2.05) is 51.1 Å². The molecule has 0 bridgehead atoms. The Hall–Kier alpha value is -4.38. The van der Waals surface area contributed by atoms with Crippen molar-refractivity contribution in [1.82, 2.24) is 14.7 Å². The zero-order valence-electron chi connectivity index (χ0n) is 25.0. The molecule has 2 aliphatic rings. The van der Waals surface area contributed by atoms with E-state index in [4.69, 9.17) is 9.47 Å². The minimum absolute atomic E-state index is 0.119. The molecule has 2 aliphatic heterocycles. The van der Waals surface area contributed by atoms with Crippen LogP contribution in [-0.2, 0) is 14.3 Å². The van der Waals surface area contributed by atoms with Gasteiger partial charge in [0.1, 0.15) is 11.4 Å². The first-order valence-corrected chi connectivity index (χ1v) is 14.8. The number of rotatable bonds is 7. The maximum atomic E-state index is 13.1. The number of ether oxygens (including phenoxy) is 2. The number of nitrogens with zero attached hydrogens (tertiary/aromatic N) is 4. The van der Waals surface area contributed by atoms with E-state index in [0.717, 1.165) is 31.6 Å². The molecule has 0 unspecified atom stereocenters. The summed E-state index contributed by atoms with van der Waals surface area (Å²) in [6, 6.07) is 16.6. The van der Waals surface area contributed by atoms with E-state index in [1.54, 1.807) is 40.0 Å². The molecule has 11 nitrogen and oxygen atoms in total. The van der Waals surface area contributed by atoms with Gasteiger partial charge in [0.25, 0.3) is 5.91 Å². The molecule has 11 heteroatoms. The lowest BCUT2D eigenvalue weighted by Crippen LogP contribution is -2.42. The van der Waals surface area contributed by atoms with Gasteiger partial charge in [-0.1, -0.05) is 6.07 Å². The van der Waals surface area contributed by atoms with E-state index in [2.05, 4.69) is 20.6 Å². The van der Waals surface area contributed by atoms with Gasteiger partial charge in [0.05, 0.1) is 25.1 Å². The minimum atomic E-state index is -0.532. The number of hydrogen-bond acceptors (Lipinski definition) is 7. The van der Waals surface area contributed by atoms with Crippen LogP contribution < -0.4 is 15.5 Å². The summed E-state index contributed by atoms with van der Waals surface area (Å²) in [5, 5.41) is 10.3. The molecule has 3 heterocycles. The van der Waals surface area contributed by atoms with Crippen molar-refractivity contribution < 1.29 is 23.9 Å². The number of amides is 3. The number of anilines is 3. The molecule has 2 saturated heterocycles. The van der Waals surface area contributed by atoms with Crippen LogP contribution in [0.3, 0.4) is 0 Å². The van der Waals surface area contributed by atoms with Crippen LogP contribution in [0.15, 0.2) is 60.8 Å². The van der Waals surface area contributed by atoms with Crippen LogP contribution in [0.1, 0.15) is 50.4 Å². The highest BCUT2D eigenvalue weighted by Gasteiger charge is 2.28. The Balaban J connectivity index is 1.15. The summed E-state index contributed by atoms with van der Waals surface area (Å²) in [6.07, 6.45) is 3.12. The third kappa shape index (κ3) is 8.13. The van der Waals surface area contributed by atoms with Crippen molar-refractivity contribution in [2.45, 2.75) is 45.6 Å². The van der Waals surface area contributed by atoms with Gasteiger partial charge in [0.2, 0.25) is 5.91 Å². The van der Waals surface area contributed by atoms with Gasteiger partial charge in [-0.25, -0.2) is 9.48 Å². The molecular weight excluding hydrogens is 548 g/mol. The number of benzene rings is 2. The van der Waals surface area contributed by atoms with E-state index < -0.39 is 5.60 Å². The topological polar surface area (TPSA) is 118 Å². The Kier molecular flexibility index (Phi) is 9.30. The Bertz CT molecular complexity index is 1420. The highest BCUT2D eigenvalue weighted by Crippen LogP contribution is 2.24. The van der Waals surface area contributed by atoms with Crippen LogP contribution in [-0.4, -0.2) is 77.6 Å². The molecule has 2 N–H and O–H groups in total. The third-order valence-corrected chi connectivity index (χ3v) is 7.50. The third-order valence-electron chi connectivity index (χ3n) is 7.50. The Morgan fingerprint density at radius 1 is 0.930 bits per heavy atom. The lowest BCUT2D eigenvalue weighted by Gasteiger charge is -2.33. The lowest BCUT2D eigenvalue weighted by molar-refractivity contribution is -0.117. The Morgan fingerprint density at radius 3 is 2.35 bits per heavy atom. The van der Waals surface area contributed by atoms with Crippen LogP contribution in [0.4, 0.5) is 22.0 Å². The van der Waals surface area contributed by atoms with Crippen LogP contribution in [0.5, 0.6) is 0 Å². The van der Waals surface area contributed by atoms with Crippen molar-refractivity contribution in [1.29, 1.82) is 0 Å². The van der Waals surface area contributed by atoms with Gasteiger partial charge in [-0.05, 0) is 82.0 Å². The largest absolute Gasteiger partial charge is 0.444 e. The summed E-state index contributed by atoms with van der Waals surface area (Å²) in [7, 11) is 0. The first-order chi connectivity index (χ1) is 20.6. The van der Waals surface area contributed by atoms with Gasteiger partial charge in [-0.15, -0.1) is 0 Å². The van der Waals surface area contributed by atoms with E-state index >= 15 is 0 Å². The second-order valence-electron chi connectivity index (χ2n) is 11.9. The monoisotopic (exact) mass is 588 g/mol. The standard InChI is InChI=1S/C32H40N6O5/c1-32(2,3)43-31(41)37-15-12-23(13-16-37)21-29(39)35-28-11-14-33-38(28)27-6-4-5-24(22-27)30(40)34-25-7-9-26(10-8-25)36-17-19-42-20-18-36/h4-11,14,22-23H,12-13,15-21H2,1-3H3,(H,34,40)(H,35,39). The fourth-order valence-electron chi connectivity index (χ4n) is 5.27. The molecule has 5 rings (SSSR count). The fraction of sp³-hybridized carbons (Fsp3) is 0.438. The van der Waals surface area contributed by atoms with E-state index in [-0.39, 0.29) is 23.8 Å². The average molecular weight is 589 g/mol. The molecule has 0 radical (unpaired) electrons. The van der Waals surface area contributed by atoms with Gasteiger partial charge >= 0.3 is 6.09 Å². The zero-order chi connectivity index (χ0) is 30.4. The van der Waals surface area contributed by atoms with Crippen molar-refractivity contribution in [3.05, 3.63) is 66.4 Å². The van der Waals surface area contributed by atoms with Gasteiger partial charge in [0, 0.05) is 55.6 Å². The number of morpholine rings is 1. The second kappa shape index (κ2) is 13.3.